The second-order valence-electron chi connectivity index (χ2n) is 6.39. The highest BCUT2D eigenvalue weighted by Crippen LogP contribution is 2.41. The summed E-state index contributed by atoms with van der Waals surface area (Å²) in [5.74, 6) is -0.561. The summed E-state index contributed by atoms with van der Waals surface area (Å²) in [6, 6.07) is 15.0. The Balaban J connectivity index is 1.80. The highest BCUT2D eigenvalue weighted by Gasteiger charge is 2.35. The third-order valence-corrected chi connectivity index (χ3v) is 5.76. The standard InChI is InChI=1S/C21H14ClF3N2OS/c22-17-15-9-13(12-5-2-1-3-6-12)10-16(21(23,24)25)18(15)27-19(17)20(28)26-11-14-7-4-8-29-14/h1-10,27H,11H2,(H,26,28). The van der Waals surface area contributed by atoms with Crippen LogP contribution in [0.3, 0.4) is 0 Å². The summed E-state index contributed by atoms with van der Waals surface area (Å²) >= 11 is 7.81. The molecule has 0 aliphatic carbocycles. The highest BCUT2D eigenvalue weighted by atomic mass is 35.5. The van der Waals surface area contributed by atoms with Crippen molar-refractivity contribution in [3.8, 4) is 11.1 Å². The number of rotatable bonds is 4. The summed E-state index contributed by atoms with van der Waals surface area (Å²) in [4.78, 5) is 16.1. The monoisotopic (exact) mass is 434 g/mol. The number of fused-ring (bicyclic) bond motifs is 1. The van der Waals surface area contributed by atoms with Crippen LogP contribution in [-0.4, -0.2) is 10.9 Å². The van der Waals surface area contributed by atoms with E-state index in [2.05, 4.69) is 10.3 Å². The minimum atomic E-state index is -4.61. The quantitative estimate of drug-likeness (QED) is 0.378. The summed E-state index contributed by atoms with van der Waals surface area (Å²) in [7, 11) is 0. The zero-order valence-electron chi connectivity index (χ0n) is 14.8. The molecule has 1 amide bonds. The first-order chi connectivity index (χ1) is 13.8. The normalized spacial score (nSPS) is 11.7. The van der Waals surface area contributed by atoms with Gasteiger partial charge in [-0.2, -0.15) is 13.2 Å². The van der Waals surface area contributed by atoms with E-state index in [-0.39, 0.29) is 28.2 Å². The molecule has 0 bridgehead atoms. The molecule has 0 atom stereocenters. The number of hydrogen-bond acceptors (Lipinski definition) is 2. The fraction of sp³-hybridized carbons (Fsp3) is 0.0952. The zero-order chi connectivity index (χ0) is 20.6. The Morgan fingerprint density at radius 1 is 1.07 bits per heavy atom. The second kappa shape index (κ2) is 7.57. The molecule has 0 spiro atoms. The minimum absolute atomic E-state index is 0.0352. The Kier molecular flexibility index (Phi) is 5.10. The lowest BCUT2D eigenvalue weighted by Crippen LogP contribution is -2.23. The van der Waals surface area contributed by atoms with E-state index in [0.717, 1.165) is 10.9 Å². The first kappa shape index (κ1) is 19.5. The number of amides is 1. The number of alkyl halides is 3. The van der Waals surface area contributed by atoms with E-state index in [0.29, 0.717) is 11.1 Å². The lowest BCUT2D eigenvalue weighted by atomic mass is 10.00. The number of carbonyl (C=O) groups is 1. The maximum atomic E-state index is 13.7. The number of hydrogen-bond donors (Lipinski definition) is 2. The summed E-state index contributed by atoms with van der Waals surface area (Å²) in [6.45, 7) is 0.267. The fourth-order valence-electron chi connectivity index (χ4n) is 3.11. The van der Waals surface area contributed by atoms with Crippen LogP contribution < -0.4 is 5.32 Å². The number of aromatic amines is 1. The van der Waals surface area contributed by atoms with E-state index in [1.807, 2.05) is 17.5 Å². The highest BCUT2D eigenvalue weighted by molar-refractivity contribution is 7.09. The van der Waals surface area contributed by atoms with Gasteiger partial charge in [-0.1, -0.05) is 48.0 Å². The van der Waals surface area contributed by atoms with Crippen molar-refractivity contribution in [3.05, 3.63) is 81.1 Å². The number of halogens is 4. The molecule has 3 nitrogen and oxygen atoms in total. The van der Waals surface area contributed by atoms with Gasteiger partial charge in [0, 0.05) is 10.3 Å². The van der Waals surface area contributed by atoms with Crippen LogP contribution in [0.1, 0.15) is 20.9 Å². The van der Waals surface area contributed by atoms with Crippen molar-refractivity contribution in [2.24, 2.45) is 0 Å². The van der Waals surface area contributed by atoms with Gasteiger partial charge in [0.1, 0.15) is 5.69 Å². The van der Waals surface area contributed by atoms with Gasteiger partial charge in [0.2, 0.25) is 0 Å². The van der Waals surface area contributed by atoms with Crippen LogP contribution in [0.5, 0.6) is 0 Å². The minimum Gasteiger partial charge on any atom is -0.349 e. The Hall–Kier alpha value is -2.77. The van der Waals surface area contributed by atoms with Crippen molar-refractivity contribution in [1.29, 1.82) is 0 Å². The molecule has 2 aromatic carbocycles. The average molecular weight is 435 g/mol. The topological polar surface area (TPSA) is 44.9 Å². The van der Waals surface area contributed by atoms with E-state index in [1.54, 1.807) is 36.4 Å². The average Bonchev–Trinajstić information content (AvgIpc) is 3.33. The van der Waals surface area contributed by atoms with Crippen LogP contribution in [0.2, 0.25) is 5.02 Å². The summed E-state index contributed by atoms with van der Waals surface area (Å²) in [5.41, 5.74) is -0.164. The number of benzene rings is 2. The molecule has 2 aromatic heterocycles. The molecule has 0 radical (unpaired) electrons. The number of carbonyl (C=O) groups excluding carboxylic acids is 1. The molecule has 4 rings (SSSR count). The molecule has 2 N–H and O–H groups in total. The summed E-state index contributed by atoms with van der Waals surface area (Å²) in [6.07, 6.45) is -4.61. The molecule has 0 fully saturated rings. The molecule has 0 saturated carbocycles. The molecule has 0 saturated heterocycles. The molecular formula is C21H14ClF3N2OS. The maximum Gasteiger partial charge on any atom is 0.418 e. The Morgan fingerprint density at radius 3 is 2.48 bits per heavy atom. The van der Waals surface area contributed by atoms with Gasteiger partial charge in [0.25, 0.3) is 5.91 Å². The van der Waals surface area contributed by atoms with Crippen LogP contribution in [0, 0.1) is 0 Å². The van der Waals surface area contributed by atoms with Crippen molar-refractivity contribution in [2.45, 2.75) is 12.7 Å². The van der Waals surface area contributed by atoms with Crippen LogP contribution in [0.25, 0.3) is 22.0 Å². The van der Waals surface area contributed by atoms with E-state index < -0.39 is 17.6 Å². The molecule has 8 heteroatoms. The van der Waals surface area contributed by atoms with Crippen LogP contribution >= 0.6 is 22.9 Å². The van der Waals surface area contributed by atoms with Gasteiger partial charge in [-0.3, -0.25) is 4.79 Å². The largest absolute Gasteiger partial charge is 0.418 e. The van der Waals surface area contributed by atoms with E-state index >= 15 is 0 Å². The molecule has 0 aliphatic rings. The van der Waals surface area contributed by atoms with Gasteiger partial charge in [-0.15, -0.1) is 11.3 Å². The molecule has 0 unspecified atom stereocenters. The summed E-state index contributed by atoms with van der Waals surface area (Å²) in [5, 5.41) is 4.67. The zero-order valence-corrected chi connectivity index (χ0v) is 16.4. The lowest BCUT2D eigenvalue weighted by Gasteiger charge is -2.11. The maximum absolute atomic E-state index is 13.7. The Labute approximate surface area is 173 Å². The SMILES string of the molecule is O=C(NCc1cccs1)c1[nH]c2c(C(F)(F)F)cc(-c3ccccc3)cc2c1Cl. The molecule has 0 aliphatic heterocycles. The molecule has 2 heterocycles. The number of H-pyrrole nitrogens is 1. The van der Waals surface area contributed by atoms with Crippen molar-refractivity contribution >= 4 is 39.7 Å². The van der Waals surface area contributed by atoms with Gasteiger partial charge >= 0.3 is 6.18 Å². The molecule has 148 valence electrons. The van der Waals surface area contributed by atoms with E-state index in [1.165, 1.54) is 11.3 Å². The van der Waals surface area contributed by atoms with Gasteiger partial charge in [-0.25, -0.2) is 0 Å². The Morgan fingerprint density at radius 2 is 1.83 bits per heavy atom. The third-order valence-electron chi connectivity index (χ3n) is 4.49. The van der Waals surface area contributed by atoms with Crippen molar-refractivity contribution in [1.82, 2.24) is 10.3 Å². The smallest absolute Gasteiger partial charge is 0.349 e. The molecular weight excluding hydrogens is 421 g/mol. The van der Waals surface area contributed by atoms with Crippen LogP contribution in [0.15, 0.2) is 60.0 Å². The van der Waals surface area contributed by atoms with Gasteiger partial charge < -0.3 is 10.3 Å². The lowest BCUT2D eigenvalue weighted by molar-refractivity contribution is -0.136. The number of nitrogens with one attached hydrogen (secondary N) is 2. The summed E-state index contributed by atoms with van der Waals surface area (Å²) < 4.78 is 41.2. The predicted molar refractivity (Wildman–Crippen MR) is 109 cm³/mol. The Bertz CT molecular complexity index is 1170. The first-order valence-corrected chi connectivity index (χ1v) is 9.89. The van der Waals surface area contributed by atoms with Crippen molar-refractivity contribution in [3.63, 3.8) is 0 Å². The fourth-order valence-corrected chi connectivity index (χ4v) is 4.04. The first-order valence-electron chi connectivity index (χ1n) is 8.63. The third kappa shape index (κ3) is 3.88. The van der Waals surface area contributed by atoms with Crippen LogP contribution in [0.4, 0.5) is 13.2 Å². The van der Waals surface area contributed by atoms with Crippen molar-refractivity contribution in [2.75, 3.05) is 0 Å². The number of thiophene rings is 1. The van der Waals surface area contributed by atoms with Gasteiger partial charge in [-0.05, 0) is 34.7 Å². The van der Waals surface area contributed by atoms with E-state index in [9.17, 15) is 18.0 Å². The van der Waals surface area contributed by atoms with Crippen LogP contribution in [-0.2, 0) is 12.7 Å². The van der Waals surface area contributed by atoms with Gasteiger partial charge in [0.05, 0.1) is 22.6 Å². The number of aromatic nitrogens is 1. The molecule has 4 aromatic rings. The predicted octanol–water partition coefficient (Wildman–Crippen LogP) is 6.50. The van der Waals surface area contributed by atoms with Gasteiger partial charge in [0.15, 0.2) is 0 Å². The van der Waals surface area contributed by atoms with Crippen molar-refractivity contribution < 1.29 is 18.0 Å². The second-order valence-corrected chi connectivity index (χ2v) is 7.80. The van der Waals surface area contributed by atoms with E-state index in [4.69, 9.17) is 11.6 Å². The molecule has 29 heavy (non-hydrogen) atoms.